The number of benzene rings is 1. The fraction of sp³-hybridized carbons (Fsp3) is 0.500. The maximum atomic E-state index is 12.8. The Bertz CT molecular complexity index is 1040. The minimum Gasteiger partial charge on any atom is -0.454 e. The topological polar surface area (TPSA) is 148 Å². The minimum absolute atomic E-state index is 0.265. The number of carbonyl (C=O) groups is 4. The van der Waals surface area contributed by atoms with E-state index in [1.807, 2.05) is 12.2 Å². The molecule has 1 saturated carbocycles. The van der Waals surface area contributed by atoms with E-state index in [0.717, 1.165) is 12.8 Å². The highest BCUT2D eigenvalue weighted by molar-refractivity contribution is 6.08. The molecule has 1 saturated heterocycles. The van der Waals surface area contributed by atoms with Crippen LogP contribution in [0.2, 0.25) is 0 Å². The smallest absolute Gasteiger partial charge is 0.416 e. The van der Waals surface area contributed by atoms with Crippen molar-refractivity contribution < 1.29 is 42.0 Å². The molecule has 1 aliphatic carbocycles. The molecule has 11 nitrogen and oxygen atoms in total. The average molecular weight is 486 g/mol. The fourth-order valence-corrected chi connectivity index (χ4v) is 3.89. The first kappa shape index (κ1) is 24.9. The Balaban J connectivity index is 1.57. The van der Waals surface area contributed by atoms with Crippen LogP contribution >= 0.6 is 0 Å². The summed E-state index contributed by atoms with van der Waals surface area (Å²) in [6.45, 7) is 0.354. The summed E-state index contributed by atoms with van der Waals surface area (Å²) in [6.07, 6.45) is -2.46. The summed E-state index contributed by atoms with van der Waals surface area (Å²) in [5.74, 6) is -2.28. The van der Waals surface area contributed by atoms with Gasteiger partial charge in [0.1, 0.15) is 17.8 Å². The predicted molar refractivity (Wildman–Crippen MR) is 108 cm³/mol. The lowest BCUT2D eigenvalue weighted by Gasteiger charge is -2.33. The molecular weight excluding hydrogens is 465 g/mol. The zero-order valence-electron chi connectivity index (χ0n) is 17.9. The number of nitrogens with one attached hydrogen (secondary N) is 2. The Labute approximate surface area is 190 Å². The fourth-order valence-electron chi connectivity index (χ4n) is 3.89. The molecule has 184 valence electrons. The molecule has 0 atom stereocenters. The molecule has 2 aliphatic rings. The Morgan fingerprint density at radius 1 is 1.29 bits per heavy atom. The van der Waals surface area contributed by atoms with Crippen molar-refractivity contribution in [1.82, 2.24) is 10.2 Å². The maximum Gasteiger partial charge on any atom is 0.416 e. The van der Waals surface area contributed by atoms with E-state index in [2.05, 4.69) is 5.32 Å². The normalized spacial score (nSPS) is 22.5. The maximum absolute atomic E-state index is 12.8. The van der Waals surface area contributed by atoms with Gasteiger partial charge >= 0.3 is 18.2 Å². The van der Waals surface area contributed by atoms with Gasteiger partial charge in [0.15, 0.2) is 6.61 Å². The van der Waals surface area contributed by atoms with Crippen LogP contribution in [0.3, 0.4) is 0 Å². The molecule has 4 amide bonds. The lowest BCUT2D eigenvalue weighted by Crippen LogP contribution is -2.49. The van der Waals surface area contributed by atoms with E-state index in [1.54, 1.807) is 0 Å². The highest BCUT2D eigenvalue weighted by Gasteiger charge is 2.52. The molecule has 0 radical (unpaired) electrons. The zero-order chi connectivity index (χ0) is 25.3. The van der Waals surface area contributed by atoms with E-state index in [4.69, 9.17) is 4.74 Å². The van der Waals surface area contributed by atoms with Crippen LogP contribution in [0, 0.1) is 16.0 Å². The van der Waals surface area contributed by atoms with Crippen molar-refractivity contribution >= 4 is 35.2 Å². The number of esters is 1. The van der Waals surface area contributed by atoms with E-state index >= 15 is 0 Å². The number of halogens is 3. The lowest BCUT2D eigenvalue weighted by molar-refractivity contribution is -0.384. The van der Waals surface area contributed by atoms with Crippen LogP contribution in [0.25, 0.3) is 0 Å². The molecule has 34 heavy (non-hydrogen) atoms. The number of nitro benzene ring substituents is 1. The lowest BCUT2D eigenvalue weighted by atomic mass is 9.77. The van der Waals surface area contributed by atoms with Gasteiger partial charge in [-0.25, -0.2) is 4.79 Å². The van der Waals surface area contributed by atoms with Gasteiger partial charge in [0.05, 0.1) is 10.5 Å². The molecular formula is C20H21F3N4O7. The summed E-state index contributed by atoms with van der Waals surface area (Å²) in [4.78, 5) is 59.7. The number of rotatable bonds is 6. The Morgan fingerprint density at radius 3 is 2.53 bits per heavy atom. The summed E-state index contributed by atoms with van der Waals surface area (Å²) >= 11 is 0. The number of amides is 4. The Kier molecular flexibility index (Phi) is 6.79. The van der Waals surface area contributed by atoms with Crippen LogP contribution in [0.15, 0.2) is 18.2 Å². The Hall–Kier alpha value is -3.71. The number of ether oxygens (including phenoxy) is 1. The molecule has 0 bridgehead atoms. The second-order valence-electron chi connectivity index (χ2n) is 8.28. The molecule has 2 N–H and O–H groups in total. The van der Waals surface area contributed by atoms with Crippen molar-refractivity contribution in [3.05, 3.63) is 33.9 Å². The van der Waals surface area contributed by atoms with Crippen LogP contribution < -0.4 is 10.6 Å². The van der Waals surface area contributed by atoms with E-state index in [0.29, 0.717) is 35.8 Å². The number of nitrogens with zero attached hydrogens (tertiary/aromatic N) is 2. The van der Waals surface area contributed by atoms with Gasteiger partial charge in [-0.05, 0) is 43.7 Å². The number of hydrogen-bond acceptors (Lipinski definition) is 7. The van der Waals surface area contributed by atoms with Crippen molar-refractivity contribution in [2.75, 3.05) is 18.5 Å². The third kappa shape index (κ3) is 5.26. The molecule has 3 rings (SSSR count). The first-order chi connectivity index (χ1) is 15.8. The summed E-state index contributed by atoms with van der Waals surface area (Å²) < 4.78 is 43.0. The minimum atomic E-state index is -4.82. The number of alkyl halides is 3. The van der Waals surface area contributed by atoms with Crippen LogP contribution in [-0.2, 0) is 25.3 Å². The number of carbonyl (C=O) groups excluding carboxylic acids is 4. The van der Waals surface area contributed by atoms with Gasteiger partial charge in [-0.15, -0.1) is 0 Å². The zero-order valence-corrected chi connectivity index (χ0v) is 17.9. The van der Waals surface area contributed by atoms with Crippen molar-refractivity contribution in [3.63, 3.8) is 0 Å². The number of hydrogen-bond donors (Lipinski definition) is 2. The molecule has 2 fully saturated rings. The molecule has 1 heterocycles. The second kappa shape index (κ2) is 9.27. The third-order valence-corrected chi connectivity index (χ3v) is 5.82. The molecule has 1 aliphatic heterocycles. The monoisotopic (exact) mass is 486 g/mol. The largest absolute Gasteiger partial charge is 0.454 e. The van der Waals surface area contributed by atoms with E-state index in [9.17, 15) is 42.5 Å². The molecule has 0 aromatic heterocycles. The number of anilines is 1. The standard InChI is InChI=1S/C20H21F3N4O7/c1-11-4-6-19(7-5-11)17(30)26(18(31)25-19)9-16(29)34-10-15(28)24-13-3-2-12(20(21,22)23)8-14(13)27(32)33/h2-3,8,11H,4-7,9-10H2,1H3,(H,24,28)(H,25,31). The van der Waals surface area contributed by atoms with Crippen molar-refractivity contribution in [2.45, 2.75) is 44.3 Å². The summed E-state index contributed by atoms with van der Waals surface area (Å²) in [5.41, 5.74) is -3.85. The van der Waals surface area contributed by atoms with Crippen LogP contribution in [0.4, 0.5) is 29.3 Å². The van der Waals surface area contributed by atoms with Crippen LogP contribution in [-0.4, -0.2) is 52.3 Å². The summed E-state index contributed by atoms with van der Waals surface area (Å²) in [6, 6.07) is 0.773. The molecule has 1 spiro atoms. The number of urea groups is 1. The van der Waals surface area contributed by atoms with Gasteiger partial charge in [0.2, 0.25) is 0 Å². The van der Waals surface area contributed by atoms with Crippen LogP contribution in [0.1, 0.15) is 38.2 Å². The van der Waals surface area contributed by atoms with Crippen molar-refractivity contribution in [2.24, 2.45) is 5.92 Å². The van der Waals surface area contributed by atoms with Gasteiger partial charge in [0.25, 0.3) is 17.5 Å². The number of nitro groups is 1. The summed E-state index contributed by atoms with van der Waals surface area (Å²) in [7, 11) is 0. The van der Waals surface area contributed by atoms with Gasteiger partial charge in [0, 0.05) is 6.07 Å². The number of imide groups is 1. The van der Waals surface area contributed by atoms with Gasteiger partial charge in [-0.3, -0.25) is 29.4 Å². The molecule has 14 heteroatoms. The highest BCUT2D eigenvalue weighted by Crippen LogP contribution is 2.36. The molecule has 0 unspecified atom stereocenters. The quantitative estimate of drug-likeness (QED) is 0.272. The predicted octanol–water partition coefficient (Wildman–Crippen LogP) is 2.60. The SMILES string of the molecule is CC1CCC2(CC1)NC(=O)N(CC(=O)OCC(=O)Nc1ccc(C(F)(F)F)cc1[N+](=O)[O-])C2=O. The van der Waals surface area contributed by atoms with Crippen molar-refractivity contribution in [1.29, 1.82) is 0 Å². The molecule has 1 aromatic carbocycles. The van der Waals surface area contributed by atoms with Gasteiger partial charge in [-0.1, -0.05) is 6.92 Å². The van der Waals surface area contributed by atoms with Gasteiger partial charge in [-0.2, -0.15) is 13.2 Å². The van der Waals surface area contributed by atoms with E-state index in [-0.39, 0.29) is 6.07 Å². The first-order valence-corrected chi connectivity index (χ1v) is 10.3. The Morgan fingerprint density at radius 2 is 1.94 bits per heavy atom. The van der Waals surface area contributed by atoms with Crippen LogP contribution in [0.5, 0.6) is 0 Å². The third-order valence-electron chi connectivity index (χ3n) is 5.82. The van der Waals surface area contributed by atoms with Gasteiger partial charge < -0.3 is 15.4 Å². The second-order valence-corrected chi connectivity index (χ2v) is 8.28. The van der Waals surface area contributed by atoms with E-state index < -0.39 is 70.5 Å². The highest BCUT2D eigenvalue weighted by atomic mass is 19.4. The van der Waals surface area contributed by atoms with Crippen molar-refractivity contribution in [3.8, 4) is 0 Å². The first-order valence-electron chi connectivity index (χ1n) is 10.3. The molecule has 1 aromatic rings. The summed E-state index contributed by atoms with van der Waals surface area (Å²) in [5, 5.41) is 15.7. The van der Waals surface area contributed by atoms with E-state index in [1.165, 1.54) is 0 Å². The average Bonchev–Trinajstić information content (AvgIpc) is 2.98.